The number of rotatable bonds is 3. The molecule has 6 heteroatoms. The molecule has 0 aliphatic rings. The van der Waals surface area contributed by atoms with Crippen LogP contribution in [0.15, 0.2) is 24.3 Å². The molecule has 0 aliphatic carbocycles. The standard InChI is InChI=1S/C13H16ClNO4/c1-13(2,3)19-12(17)15-8-9-4-6-10(7-5-9)18-11(14)16/h4-7H,8H2,1-3H3,(H,15,17). The first-order chi connectivity index (χ1) is 8.76. The summed E-state index contributed by atoms with van der Waals surface area (Å²) in [6.07, 6.45) is -0.483. The first kappa shape index (κ1) is 15.3. The van der Waals surface area contributed by atoms with Crippen LogP contribution in [0.3, 0.4) is 0 Å². The van der Waals surface area contributed by atoms with Gasteiger partial charge in [-0.2, -0.15) is 0 Å². The average Bonchev–Trinajstić information content (AvgIpc) is 2.25. The van der Waals surface area contributed by atoms with Crippen LogP contribution in [0.4, 0.5) is 9.59 Å². The van der Waals surface area contributed by atoms with Crippen molar-refractivity contribution >= 4 is 23.1 Å². The van der Waals surface area contributed by atoms with Crippen LogP contribution in [0.5, 0.6) is 5.75 Å². The van der Waals surface area contributed by atoms with Crippen molar-refractivity contribution in [3.8, 4) is 5.75 Å². The Balaban J connectivity index is 2.46. The maximum Gasteiger partial charge on any atom is 0.409 e. The van der Waals surface area contributed by atoms with Gasteiger partial charge in [0, 0.05) is 18.1 Å². The van der Waals surface area contributed by atoms with Crippen molar-refractivity contribution in [2.75, 3.05) is 0 Å². The van der Waals surface area contributed by atoms with E-state index in [-0.39, 0.29) is 0 Å². The van der Waals surface area contributed by atoms with E-state index in [1.54, 1.807) is 45.0 Å². The lowest BCUT2D eigenvalue weighted by molar-refractivity contribution is 0.0523. The molecule has 0 saturated carbocycles. The van der Waals surface area contributed by atoms with Crippen molar-refractivity contribution in [3.05, 3.63) is 29.8 Å². The SMILES string of the molecule is CC(C)(C)OC(=O)NCc1ccc(OC(=O)Cl)cc1. The maximum absolute atomic E-state index is 11.4. The summed E-state index contributed by atoms with van der Waals surface area (Å²) in [6.45, 7) is 5.70. The van der Waals surface area contributed by atoms with E-state index in [9.17, 15) is 9.59 Å². The zero-order chi connectivity index (χ0) is 14.5. The molecule has 0 spiro atoms. The minimum Gasteiger partial charge on any atom is -0.444 e. The average molecular weight is 286 g/mol. The lowest BCUT2D eigenvalue weighted by Gasteiger charge is -2.19. The highest BCUT2D eigenvalue weighted by molar-refractivity contribution is 6.61. The second kappa shape index (κ2) is 6.43. The van der Waals surface area contributed by atoms with Crippen LogP contribution in [0.25, 0.3) is 0 Å². The van der Waals surface area contributed by atoms with Gasteiger partial charge in [0.2, 0.25) is 0 Å². The Kier molecular flexibility index (Phi) is 5.18. The molecule has 0 atom stereocenters. The van der Waals surface area contributed by atoms with Gasteiger partial charge < -0.3 is 14.8 Å². The summed E-state index contributed by atoms with van der Waals surface area (Å²) >= 11 is 5.08. The minimum atomic E-state index is -0.889. The molecule has 0 saturated heterocycles. The second-order valence-corrected chi connectivity index (χ2v) is 5.15. The van der Waals surface area contributed by atoms with E-state index in [2.05, 4.69) is 10.1 Å². The molecular formula is C13H16ClNO4. The Hall–Kier alpha value is -1.75. The number of hydrogen-bond donors (Lipinski definition) is 1. The topological polar surface area (TPSA) is 64.6 Å². The Labute approximate surface area is 116 Å². The predicted octanol–water partition coefficient (Wildman–Crippen LogP) is 3.45. The van der Waals surface area contributed by atoms with Crippen LogP contribution >= 0.6 is 11.6 Å². The Morgan fingerprint density at radius 2 is 1.79 bits per heavy atom. The monoisotopic (exact) mass is 285 g/mol. The molecule has 0 bridgehead atoms. The number of benzene rings is 1. The van der Waals surface area contributed by atoms with Crippen LogP contribution in [0, 0.1) is 0 Å². The van der Waals surface area contributed by atoms with E-state index in [0.717, 1.165) is 5.56 Å². The van der Waals surface area contributed by atoms with Gasteiger partial charge in [0.05, 0.1) is 0 Å². The van der Waals surface area contributed by atoms with Crippen molar-refractivity contribution in [1.82, 2.24) is 5.32 Å². The summed E-state index contributed by atoms with van der Waals surface area (Å²) in [6, 6.07) is 6.61. The number of alkyl carbamates (subject to hydrolysis) is 1. The molecule has 1 aromatic rings. The summed E-state index contributed by atoms with van der Waals surface area (Å²) in [5.41, 5.74) is -0.567. The van der Waals surface area contributed by atoms with Gasteiger partial charge in [0.1, 0.15) is 11.4 Å². The predicted molar refractivity (Wildman–Crippen MR) is 71.4 cm³/mol. The molecule has 19 heavy (non-hydrogen) atoms. The van der Waals surface area contributed by atoms with E-state index < -0.39 is 17.1 Å². The molecule has 0 aromatic heterocycles. The third-order valence-corrected chi connectivity index (χ3v) is 2.03. The Bertz CT molecular complexity index is 451. The summed E-state index contributed by atoms with van der Waals surface area (Å²) < 4.78 is 9.77. The second-order valence-electron chi connectivity index (χ2n) is 4.84. The first-order valence-corrected chi connectivity index (χ1v) is 6.07. The highest BCUT2D eigenvalue weighted by Crippen LogP contribution is 2.13. The number of hydrogen-bond acceptors (Lipinski definition) is 4. The van der Waals surface area contributed by atoms with Gasteiger partial charge in [0.25, 0.3) is 0 Å². The molecule has 104 valence electrons. The molecule has 0 aliphatic heterocycles. The van der Waals surface area contributed by atoms with Crippen molar-refractivity contribution in [1.29, 1.82) is 0 Å². The van der Waals surface area contributed by atoms with E-state index in [1.165, 1.54) is 0 Å². The van der Waals surface area contributed by atoms with E-state index >= 15 is 0 Å². The van der Waals surface area contributed by atoms with Crippen molar-refractivity contribution in [3.63, 3.8) is 0 Å². The normalized spacial score (nSPS) is 10.7. The molecule has 1 rings (SSSR count). The summed E-state index contributed by atoms with van der Waals surface area (Å²) in [4.78, 5) is 21.9. The molecule has 0 radical (unpaired) electrons. The number of ether oxygens (including phenoxy) is 2. The zero-order valence-corrected chi connectivity index (χ0v) is 11.8. The largest absolute Gasteiger partial charge is 0.444 e. The fourth-order valence-corrected chi connectivity index (χ4v) is 1.35. The van der Waals surface area contributed by atoms with Gasteiger partial charge in [-0.05, 0) is 38.5 Å². The third-order valence-electron chi connectivity index (χ3n) is 1.96. The molecule has 1 N–H and O–H groups in total. The van der Waals surface area contributed by atoms with Crippen molar-refractivity contribution < 1.29 is 19.1 Å². The lowest BCUT2D eigenvalue weighted by atomic mass is 10.2. The molecular weight excluding hydrogens is 270 g/mol. The number of carbonyl (C=O) groups excluding carboxylic acids is 2. The van der Waals surface area contributed by atoms with Crippen LogP contribution < -0.4 is 10.1 Å². The van der Waals surface area contributed by atoms with E-state index in [0.29, 0.717) is 12.3 Å². The van der Waals surface area contributed by atoms with Crippen LogP contribution in [-0.2, 0) is 11.3 Å². The van der Waals surface area contributed by atoms with Crippen LogP contribution in [0.1, 0.15) is 26.3 Å². The van der Waals surface area contributed by atoms with Crippen molar-refractivity contribution in [2.24, 2.45) is 0 Å². The van der Waals surface area contributed by atoms with E-state index in [1.807, 2.05) is 0 Å². The zero-order valence-electron chi connectivity index (χ0n) is 11.0. The molecule has 0 unspecified atom stereocenters. The minimum absolute atomic E-state index is 0.323. The highest BCUT2D eigenvalue weighted by atomic mass is 35.5. The molecule has 5 nitrogen and oxygen atoms in total. The summed E-state index contributed by atoms with van der Waals surface area (Å²) in [5, 5.41) is 2.62. The summed E-state index contributed by atoms with van der Waals surface area (Å²) in [7, 11) is 0. The highest BCUT2D eigenvalue weighted by Gasteiger charge is 2.15. The van der Waals surface area contributed by atoms with Crippen LogP contribution in [-0.4, -0.2) is 17.1 Å². The third kappa shape index (κ3) is 6.67. The molecule has 0 fully saturated rings. The van der Waals surface area contributed by atoms with Crippen LogP contribution in [0.2, 0.25) is 0 Å². The smallest absolute Gasteiger partial charge is 0.409 e. The van der Waals surface area contributed by atoms with Gasteiger partial charge in [-0.15, -0.1) is 0 Å². The maximum atomic E-state index is 11.4. The Morgan fingerprint density at radius 3 is 2.26 bits per heavy atom. The van der Waals surface area contributed by atoms with Crippen molar-refractivity contribution in [2.45, 2.75) is 32.9 Å². The van der Waals surface area contributed by atoms with Gasteiger partial charge in [-0.3, -0.25) is 0 Å². The molecule has 0 heterocycles. The van der Waals surface area contributed by atoms with E-state index in [4.69, 9.17) is 16.3 Å². The Morgan fingerprint density at radius 1 is 1.21 bits per heavy atom. The summed E-state index contributed by atoms with van der Waals surface area (Å²) in [5.74, 6) is 0.348. The fourth-order valence-electron chi connectivity index (χ4n) is 1.26. The van der Waals surface area contributed by atoms with Gasteiger partial charge in [-0.1, -0.05) is 12.1 Å². The van der Waals surface area contributed by atoms with Gasteiger partial charge >= 0.3 is 11.5 Å². The molecule has 1 aromatic carbocycles. The van der Waals surface area contributed by atoms with Gasteiger partial charge in [-0.25, -0.2) is 9.59 Å². The number of halogens is 1. The lowest BCUT2D eigenvalue weighted by Crippen LogP contribution is -2.32. The quantitative estimate of drug-likeness (QED) is 0.864. The number of amides is 1. The first-order valence-electron chi connectivity index (χ1n) is 5.69. The fraction of sp³-hybridized carbons (Fsp3) is 0.385. The van der Waals surface area contributed by atoms with Gasteiger partial charge in [0.15, 0.2) is 0 Å². The molecule has 1 amide bonds. The number of nitrogens with one attached hydrogen (secondary N) is 1. The number of carbonyl (C=O) groups is 2.